The van der Waals surface area contributed by atoms with E-state index in [1.165, 1.54) is 16.7 Å². The summed E-state index contributed by atoms with van der Waals surface area (Å²) in [5, 5.41) is 2.98. The van der Waals surface area contributed by atoms with Gasteiger partial charge in [0, 0.05) is 35.8 Å². The summed E-state index contributed by atoms with van der Waals surface area (Å²) in [7, 11) is 1.83. The number of aromatic nitrogens is 2. The van der Waals surface area contributed by atoms with E-state index >= 15 is 0 Å². The molecule has 2 aromatic rings. The van der Waals surface area contributed by atoms with Gasteiger partial charge in [-0.15, -0.1) is 0 Å². The molecule has 1 aromatic carbocycles. The molecule has 0 atom stereocenters. The Hall–Kier alpha value is -2.75. The van der Waals surface area contributed by atoms with Gasteiger partial charge in [-0.1, -0.05) is 31.7 Å². The highest BCUT2D eigenvalue weighted by atomic mass is 15.1. The Bertz CT molecular complexity index is 889. The molecule has 4 nitrogen and oxygen atoms in total. The highest BCUT2D eigenvalue weighted by Crippen LogP contribution is 2.32. The van der Waals surface area contributed by atoms with Gasteiger partial charge in [0.25, 0.3) is 0 Å². The Morgan fingerprint density at radius 3 is 2.48 bits per heavy atom. The van der Waals surface area contributed by atoms with Gasteiger partial charge < -0.3 is 5.32 Å². The number of rotatable bonds is 4. The van der Waals surface area contributed by atoms with Crippen LogP contribution in [0.5, 0.6) is 0 Å². The molecule has 0 saturated carbocycles. The summed E-state index contributed by atoms with van der Waals surface area (Å²) in [6.07, 6.45) is 4.00. The lowest BCUT2D eigenvalue weighted by atomic mass is 9.91. The Balaban J connectivity index is 0.00000225. The highest BCUT2D eigenvalue weighted by molar-refractivity contribution is 6.28. The van der Waals surface area contributed by atoms with Crippen LogP contribution in [0.1, 0.15) is 50.6 Å². The summed E-state index contributed by atoms with van der Waals surface area (Å²) in [5.74, 6) is 0.641. The van der Waals surface area contributed by atoms with Crippen molar-refractivity contribution < 1.29 is 0 Å². The third kappa shape index (κ3) is 3.38. The van der Waals surface area contributed by atoms with Crippen molar-refractivity contribution in [2.75, 3.05) is 12.4 Å². The zero-order valence-corrected chi connectivity index (χ0v) is 14.8. The first-order chi connectivity index (χ1) is 11.5. The highest BCUT2D eigenvalue weighted by Gasteiger charge is 2.18. The van der Waals surface area contributed by atoms with Gasteiger partial charge in [-0.25, -0.2) is 9.97 Å². The van der Waals surface area contributed by atoms with Crippen LogP contribution in [0.15, 0.2) is 47.2 Å². The molecule has 0 aliphatic carbocycles. The second-order valence-corrected chi connectivity index (χ2v) is 5.88. The van der Waals surface area contributed by atoms with Gasteiger partial charge in [0.2, 0.25) is 5.95 Å². The quantitative estimate of drug-likeness (QED) is 0.844. The van der Waals surface area contributed by atoms with Crippen LogP contribution in [0.3, 0.4) is 0 Å². The molecule has 0 amide bonds. The van der Waals surface area contributed by atoms with Crippen LogP contribution < -0.4 is 5.32 Å². The maximum atomic E-state index is 4.50. The molecule has 1 aliphatic heterocycles. The van der Waals surface area contributed by atoms with Gasteiger partial charge in [-0.05, 0) is 50.5 Å². The zero-order chi connectivity index (χ0) is 17.3. The molecule has 0 spiro atoms. The van der Waals surface area contributed by atoms with Crippen molar-refractivity contribution in [2.24, 2.45) is 4.99 Å². The van der Waals surface area contributed by atoms with Gasteiger partial charge in [0.05, 0.1) is 5.69 Å². The molecule has 1 aromatic heterocycles. The van der Waals surface area contributed by atoms with Gasteiger partial charge in [0.15, 0.2) is 0 Å². The van der Waals surface area contributed by atoms with E-state index in [4.69, 9.17) is 0 Å². The molecule has 0 fully saturated rings. The minimum absolute atomic E-state index is 0. The lowest BCUT2D eigenvalue weighted by Gasteiger charge is -2.19. The number of aryl methyl sites for hydroxylation is 1. The molecule has 0 saturated heterocycles. The topological polar surface area (TPSA) is 50.2 Å². The number of hydrogen-bond acceptors (Lipinski definition) is 4. The molecule has 1 N–H and O–H groups in total. The van der Waals surface area contributed by atoms with Crippen molar-refractivity contribution >= 4 is 22.8 Å². The second kappa shape index (κ2) is 7.43. The first-order valence-corrected chi connectivity index (χ1v) is 8.10. The molecule has 0 unspecified atom stereocenters. The molecular weight excluding hydrogens is 308 g/mol. The molecule has 4 heteroatoms. The van der Waals surface area contributed by atoms with E-state index in [2.05, 4.69) is 64.5 Å². The van der Waals surface area contributed by atoms with Crippen LogP contribution in [0.4, 0.5) is 5.95 Å². The van der Waals surface area contributed by atoms with Crippen LogP contribution in [-0.2, 0) is 0 Å². The summed E-state index contributed by atoms with van der Waals surface area (Å²) in [6, 6.07) is 8.59. The molecule has 0 bridgehead atoms. The number of anilines is 1. The van der Waals surface area contributed by atoms with Gasteiger partial charge in [0.1, 0.15) is 0 Å². The number of aliphatic imine (C=N–C) groups is 1. The predicted molar refractivity (Wildman–Crippen MR) is 108 cm³/mol. The van der Waals surface area contributed by atoms with Crippen molar-refractivity contribution in [3.63, 3.8) is 0 Å². The Morgan fingerprint density at radius 2 is 1.92 bits per heavy atom. The zero-order valence-electron chi connectivity index (χ0n) is 14.8. The van der Waals surface area contributed by atoms with Gasteiger partial charge >= 0.3 is 0 Å². The normalized spacial score (nSPS) is 13.8. The molecule has 25 heavy (non-hydrogen) atoms. The van der Waals surface area contributed by atoms with E-state index < -0.39 is 0 Å². The van der Waals surface area contributed by atoms with Crippen LogP contribution in [-0.4, -0.2) is 22.7 Å². The Labute approximate surface area is 150 Å². The monoisotopic (exact) mass is 334 g/mol. The van der Waals surface area contributed by atoms with Crippen molar-refractivity contribution in [2.45, 2.75) is 35.1 Å². The maximum Gasteiger partial charge on any atom is 0.222 e. The number of allylic oxidation sites excluding steroid dienone is 3. The maximum absolute atomic E-state index is 4.50. The Morgan fingerprint density at radius 1 is 1.16 bits per heavy atom. The fourth-order valence-electron chi connectivity index (χ4n) is 3.16. The van der Waals surface area contributed by atoms with Crippen molar-refractivity contribution in [1.29, 1.82) is 0 Å². The molecule has 0 radical (unpaired) electrons. The standard InChI is InChI=1S/C20H22N4.CH4/c1-6-17(18-11-22-20(21-5)24-12(18)2)15-8-7-9-16(10-15)19-13(3)23-14(19)4;/h6-11H,1-5H3,(H,21,22,24);1H4/b17-6-;. The van der Waals surface area contributed by atoms with E-state index in [0.717, 1.165) is 28.2 Å². The number of nitrogens with zero attached hydrogens (tertiary/aromatic N) is 3. The smallest absolute Gasteiger partial charge is 0.222 e. The number of hydrogen-bond donors (Lipinski definition) is 1. The van der Waals surface area contributed by atoms with Crippen LogP contribution in [0, 0.1) is 6.92 Å². The van der Waals surface area contributed by atoms with Crippen LogP contribution in [0.25, 0.3) is 11.1 Å². The van der Waals surface area contributed by atoms with Crippen LogP contribution >= 0.6 is 0 Å². The molecule has 3 rings (SSSR count). The van der Waals surface area contributed by atoms with Crippen molar-refractivity contribution in [1.82, 2.24) is 9.97 Å². The minimum atomic E-state index is 0. The van der Waals surface area contributed by atoms with Gasteiger partial charge in [-0.3, -0.25) is 4.99 Å². The van der Waals surface area contributed by atoms with E-state index in [0.29, 0.717) is 5.95 Å². The first-order valence-electron chi connectivity index (χ1n) is 8.10. The minimum Gasteiger partial charge on any atom is -0.357 e. The SMILES string of the molecule is C.C/C=C(/c1cccc(C2=C(C)N=C2C)c1)c1cnc(NC)nc1C. The lowest BCUT2D eigenvalue weighted by molar-refractivity contribution is 1.08. The Kier molecular flexibility index (Phi) is 5.52. The summed E-state index contributed by atoms with van der Waals surface area (Å²) in [6.45, 7) is 8.18. The number of benzene rings is 1. The van der Waals surface area contributed by atoms with Crippen LogP contribution in [0.2, 0.25) is 0 Å². The summed E-state index contributed by atoms with van der Waals surface area (Å²) in [5.41, 5.74) is 8.99. The summed E-state index contributed by atoms with van der Waals surface area (Å²) < 4.78 is 0. The summed E-state index contributed by atoms with van der Waals surface area (Å²) >= 11 is 0. The van der Waals surface area contributed by atoms with E-state index in [1.54, 1.807) is 0 Å². The molecule has 1 aliphatic rings. The molecule has 130 valence electrons. The molecular formula is C21H26N4. The van der Waals surface area contributed by atoms with E-state index in [9.17, 15) is 0 Å². The third-order valence-corrected chi connectivity index (χ3v) is 4.30. The van der Waals surface area contributed by atoms with Crippen molar-refractivity contribution in [3.05, 3.63) is 64.6 Å². The fraction of sp³-hybridized carbons (Fsp3) is 0.286. The lowest BCUT2D eigenvalue weighted by Crippen LogP contribution is -2.08. The van der Waals surface area contributed by atoms with E-state index in [-0.39, 0.29) is 7.43 Å². The number of nitrogens with one attached hydrogen (secondary N) is 1. The second-order valence-electron chi connectivity index (χ2n) is 5.88. The first kappa shape index (κ1) is 18.6. The van der Waals surface area contributed by atoms with Crippen molar-refractivity contribution in [3.8, 4) is 0 Å². The van der Waals surface area contributed by atoms with Gasteiger partial charge in [-0.2, -0.15) is 0 Å². The third-order valence-electron chi connectivity index (χ3n) is 4.30. The summed E-state index contributed by atoms with van der Waals surface area (Å²) in [4.78, 5) is 13.3. The fourth-order valence-corrected chi connectivity index (χ4v) is 3.16. The molecule has 2 heterocycles. The average molecular weight is 334 g/mol. The largest absolute Gasteiger partial charge is 0.357 e. The van der Waals surface area contributed by atoms with E-state index in [1.807, 2.05) is 27.1 Å². The predicted octanol–water partition coefficient (Wildman–Crippen LogP) is 5.12. The average Bonchev–Trinajstić information content (AvgIpc) is 2.57.